The smallest absolute Gasteiger partial charge is 0.407 e. The first-order valence-electron chi connectivity index (χ1n) is 13.0. The molecule has 2 N–H and O–H groups in total. The van der Waals surface area contributed by atoms with E-state index in [2.05, 4.69) is 5.32 Å². The van der Waals surface area contributed by atoms with Crippen LogP contribution in [-0.4, -0.2) is 82.1 Å². The van der Waals surface area contributed by atoms with Gasteiger partial charge in [-0.1, -0.05) is 47.6 Å². The normalized spacial score (nSPS) is 18.5. The van der Waals surface area contributed by atoms with E-state index in [1.54, 1.807) is 12.1 Å². The molecule has 1 heterocycles. The highest BCUT2D eigenvalue weighted by atomic mass is 32.2. The third-order valence-corrected chi connectivity index (χ3v) is 8.28. The van der Waals surface area contributed by atoms with Crippen molar-refractivity contribution in [3.63, 3.8) is 0 Å². The van der Waals surface area contributed by atoms with E-state index < -0.39 is 40.9 Å². The van der Waals surface area contributed by atoms with Crippen molar-refractivity contribution in [2.45, 2.75) is 61.4 Å². The summed E-state index contributed by atoms with van der Waals surface area (Å²) < 4.78 is 49.0. The molecule has 2 aliphatic rings. The quantitative estimate of drug-likeness (QED) is 0.373. The van der Waals surface area contributed by atoms with E-state index in [9.17, 15) is 18.3 Å². The van der Waals surface area contributed by atoms with Gasteiger partial charge in [-0.2, -0.15) is 0 Å². The van der Waals surface area contributed by atoms with Crippen molar-refractivity contribution >= 4 is 16.1 Å². The summed E-state index contributed by atoms with van der Waals surface area (Å²) in [6, 6.07) is 14.3. The molecule has 4 rings (SSSR count). The topological polar surface area (TPSA) is 133 Å². The first-order valence-corrected chi connectivity index (χ1v) is 14.5. The molecule has 12 heteroatoms. The van der Waals surface area contributed by atoms with Gasteiger partial charge in [0.1, 0.15) is 12.5 Å². The lowest BCUT2D eigenvalue weighted by atomic mass is 10.0. The number of aliphatic hydroxyl groups excluding tert-OH is 1. The molecule has 39 heavy (non-hydrogen) atoms. The molecule has 1 amide bonds. The maximum absolute atomic E-state index is 13.6. The average Bonchev–Trinajstić information content (AvgIpc) is 3.46. The number of nitrogens with zero attached hydrogens (tertiary/aromatic N) is 1. The number of ether oxygens (including phenoxy) is 4. The van der Waals surface area contributed by atoms with Gasteiger partial charge < -0.3 is 29.4 Å². The molecule has 1 saturated heterocycles. The molecule has 0 radical (unpaired) electrons. The highest BCUT2D eigenvalue weighted by molar-refractivity contribution is 7.89. The van der Waals surface area contributed by atoms with E-state index in [0.717, 1.165) is 22.9 Å². The van der Waals surface area contributed by atoms with Gasteiger partial charge in [0.2, 0.25) is 0 Å². The summed E-state index contributed by atoms with van der Waals surface area (Å²) in [5, 5.41) is 14.0. The van der Waals surface area contributed by atoms with Crippen molar-refractivity contribution in [3.8, 4) is 5.75 Å². The third-order valence-electron chi connectivity index (χ3n) is 6.64. The molecule has 2 aromatic carbocycles. The van der Waals surface area contributed by atoms with Crippen LogP contribution in [0.3, 0.4) is 0 Å². The Labute approximate surface area is 228 Å². The number of hydrogen-bond acceptors (Lipinski definition) is 9. The van der Waals surface area contributed by atoms with E-state index in [0.29, 0.717) is 18.6 Å². The zero-order valence-electron chi connectivity index (χ0n) is 21.9. The van der Waals surface area contributed by atoms with Crippen LogP contribution in [0.4, 0.5) is 4.79 Å². The number of amides is 1. The summed E-state index contributed by atoms with van der Waals surface area (Å²) in [4.78, 5) is 18.7. The number of carbonyl (C=O) groups excluding carboxylic acids is 1. The van der Waals surface area contributed by atoms with E-state index in [4.69, 9.17) is 23.8 Å². The fraction of sp³-hybridized carbons (Fsp3) is 0.519. The largest absolute Gasteiger partial charge is 0.497 e. The van der Waals surface area contributed by atoms with Crippen LogP contribution < -0.4 is 10.1 Å². The summed E-state index contributed by atoms with van der Waals surface area (Å²) in [5.41, 5.74) is 0.840. The standard InChI is InChI=1S/C27H36N2O9S/c1-34-21-11-13-24(14-12-21)39(32,33)29(38-22-9-5-6-10-22)16-26(30)25(15-20-7-3-2-4-8-20)28-27(31)37-23-17-35-19-36-18-23/h2-4,7-8,11-14,22-23,25-26,30H,5-6,9-10,15-19H2,1H3,(H,28,31)/t25-,26+/m0/s1. The fourth-order valence-corrected chi connectivity index (χ4v) is 5.82. The predicted molar refractivity (Wildman–Crippen MR) is 140 cm³/mol. The van der Waals surface area contributed by atoms with Gasteiger partial charge >= 0.3 is 6.09 Å². The highest BCUT2D eigenvalue weighted by Gasteiger charge is 2.35. The number of nitrogens with one attached hydrogen (secondary N) is 1. The van der Waals surface area contributed by atoms with Crippen LogP contribution in [0.25, 0.3) is 0 Å². The fourth-order valence-electron chi connectivity index (χ4n) is 4.53. The average molecular weight is 565 g/mol. The summed E-state index contributed by atoms with van der Waals surface area (Å²) in [5.74, 6) is 0.511. The van der Waals surface area contributed by atoms with Gasteiger partial charge in [0, 0.05) is 0 Å². The number of hydrogen-bond donors (Lipinski definition) is 2. The van der Waals surface area contributed by atoms with Crippen LogP contribution in [0.5, 0.6) is 5.75 Å². The summed E-state index contributed by atoms with van der Waals surface area (Å²) in [7, 11) is -2.65. The molecule has 0 unspecified atom stereocenters. The Morgan fingerprint density at radius 2 is 1.72 bits per heavy atom. The molecule has 1 aliphatic heterocycles. The van der Waals surface area contributed by atoms with Crippen molar-refractivity contribution in [3.05, 3.63) is 60.2 Å². The zero-order chi connectivity index (χ0) is 27.7. The molecule has 2 fully saturated rings. The second kappa shape index (κ2) is 14.1. The molecule has 0 aromatic heterocycles. The predicted octanol–water partition coefficient (Wildman–Crippen LogP) is 2.63. The minimum absolute atomic E-state index is 0.00206. The molecule has 1 aliphatic carbocycles. The molecular formula is C27H36N2O9S. The van der Waals surface area contributed by atoms with Gasteiger partial charge in [-0.25, -0.2) is 13.2 Å². The SMILES string of the molecule is COc1ccc(S(=O)(=O)N(C[C@@H](O)[C@H](Cc2ccccc2)NC(=O)OC2COCOC2)OC2CCCC2)cc1. The number of aliphatic hydroxyl groups is 1. The summed E-state index contributed by atoms with van der Waals surface area (Å²) in [6.45, 7) is 0.124. The number of sulfonamides is 1. The maximum atomic E-state index is 13.6. The van der Waals surface area contributed by atoms with Crippen LogP contribution in [0, 0.1) is 0 Å². The molecule has 2 aromatic rings. The van der Waals surface area contributed by atoms with Crippen molar-refractivity contribution in [2.24, 2.45) is 0 Å². The minimum Gasteiger partial charge on any atom is -0.497 e. The van der Waals surface area contributed by atoms with Crippen LogP contribution in [0.15, 0.2) is 59.5 Å². The lowest BCUT2D eigenvalue weighted by Crippen LogP contribution is -2.52. The highest BCUT2D eigenvalue weighted by Crippen LogP contribution is 2.27. The maximum Gasteiger partial charge on any atom is 0.407 e. The van der Waals surface area contributed by atoms with E-state index >= 15 is 0 Å². The number of methoxy groups -OCH3 is 1. The lowest BCUT2D eigenvalue weighted by molar-refractivity contribution is -0.153. The van der Waals surface area contributed by atoms with Crippen molar-refractivity contribution < 1.29 is 42.1 Å². The first kappa shape index (κ1) is 29.2. The number of carbonyl (C=O) groups is 1. The van der Waals surface area contributed by atoms with E-state index in [-0.39, 0.29) is 37.4 Å². The van der Waals surface area contributed by atoms with Gasteiger partial charge in [0.25, 0.3) is 10.0 Å². The summed E-state index contributed by atoms with van der Waals surface area (Å²) in [6.07, 6.45) is 0.552. The van der Waals surface area contributed by atoms with E-state index in [1.165, 1.54) is 19.2 Å². The van der Waals surface area contributed by atoms with E-state index in [1.807, 2.05) is 30.3 Å². The van der Waals surface area contributed by atoms with Crippen LogP contribution >= 0.6 is 0 Å². The molecule has 1 saturated carbocycles. The Kier molecular flexibility index (Phi) is 10.5. The number of hydroxylamine groups is 1. The lowest BCUT2D eigenvalue weighted by Gasteiger charge is -2.31. The zero-order valence-corrected chi connectivity index (χ0v) is 22.8. The Morgan fingerprint density at radius 3 is 2.36 bits per heavy atom. The van der Waals surface area contributed by atoms with Gasteiger partial charge in [0.05, 0.1) is 50.0 Å². The molecule has 214 valence electrons. The van der Waals surface area contributed by atoms with Crippen LogP contribution in [-0.2, 0) is 35.5 Å². The minimum atomic E-state index is -4.15. The second-order valence-corrected chi connectivity index (χ2v) is 11.4. The van der Waals surface area contributed by atoms with Gasteiger partial charge in [-0.3, -0.25) is 4.84 Å². The molecule has 2 atom stereocenters. The van der Waals surface area contributed by atoms with Gasteiger partial charge in [0.15, 0.2) is 6.10 Å². The van der Waals surface area contributed by atoms with Crippen molar-refractivity contribution in [2.75, 3.05) is 33.7 Å². The summed E-state index contributed by atoms with van der Waals surface area (Å²) >= 11 is 0. The number of alkyl carbamates (subject to hydrolysis) is 1. The van der Waals surface area contributed by atoms with Crippen molar-refractivity contribution in [1.29, 1.82) is 0 Å². The van der Waals surface area contributed by atoms with Gasteiger partial charge in [-0.05, 0) is 49.1 Å². The molecule has 0 bridgehead atoms. The monoisotopic (exact) mass is 564 g/mol. The number of rotatable bonds is 12. The third kappa shape index (κ3) is 8.37. The Balaban J connectivity index is 1.53. The van der Waals surface area contributed by atoms with Crippen LogP contribution in [0.1, 0.15) is 31.2 Å². The second-order valence-electron chi connectivity index (χ2n) is 9.57. The van der Waals surface area contributed by atoms with Crippen molar-refractivity contribution in [1.82, 2.24) is 9.79 Å². The van der Waals surface area contributed by atoms with Gasteiger partial charge in [-0.15, -0.1) is 0 Å². The Morgan fingerprint density at radius 1 is 1.05 bits per heavy atom. The molecule has 0 spiro atoms. The first-order chi connectivity index (χ1) is 18.8. The molecule has 11 nitrogen and oxygen atoms in total. The van der Waals surface area contributed by atoms with Crippen LogP contribution in [0.2, 0.25) is 0 Å². The number of benzene rings is 2. The Bertz CT molecular complexity index is 1140. The molecular weight excluding hydrogens is 528 g/mol. The Hall–Kier alpha value is -2.74.